The lowest BCUT2D eigenvalue weighted by Crippen LogP contribution is -2.13. The van der Waals surface area contributed by atoms with Crippen LogP contribution in [-0.4, -0.2) is 15.7 Å². The normalized spacial score (nSPS) is 14.6. The molecule has 0 unspecified atom stereocenters. The molecule has 1 aliphatic carbocycles. The molecule has 1 heterocycles. The molecule has 0 bridgehead atoms. The van der Waals surface area contributed by atoms with Gasteiger partial charge in [-0.05, 0) is 31.0 Å². The lowest BCUT2D eigenvalue weighted by molar-refractivity contribution is 0.102. The minimum Gasteiger partial charge on any atom is -0.319 e. The molecular weight excluding hydrogens is 372 g/mol. The Balaban J connectivity index is 0.000000817. The van der Waals surface area contributed by atoms with E-state index in [1.54, 1.807) is 22.9 Å². The first-order valence-corrected chi connectivity index (χ1v) is 9.78. The molecule has 0 radical (unpaired) electrons. The molecule has 1 fully saturated rings. The highest BCUT2D eigenvalue weighted by Crippen LogP contribution is 2.32. The van der Waals surface area contributed by atoms with Crippen molar-refractivity contribution in [1.82, 2.24) is 9.78 Å². The number of carbonyl (C=O) groups excluding carboxylic acids is 1. The Morgan fingerprint density at radius 2 is 1.96 bits per heavy atom. The molecule has 1 saturated carbocycles. The molecule has 148 valence electrons. The lowest BCUT2D eigenvalue weighted by Gasteiger charge is -2.21. The number of benzene rings is 1. The highest BCUT2D eigenvalue weighted by molar-refractivity contribution is 6.31. The Hall–Kier alpha value is -1.95. The Labute approximate surface area is 163 Å². The van der Waals surface area contributed by atoms with E-state index >= 15 is 0 Å². The second kappa shape index (κ2) is 10.4. The van der Waals surface area contributed by atoms with E-state index < -0.39 is 18.0 Å². The van der Waals surface area contributed by atoms with E-state index in [4.69, 9.17) is 11.6 Å². The minimum atomic E-state index is -2.75. The molecule has 1 aromatic heterocycles. The van der Waals surface area contributed by atoms with Gasteiger partial charge in [0.1, 0.15) is 0 Å². The van der Waals surface area contributed by atoms with Gasteiger partial charge < -0.3 is 5.32 Å². The van der Waals surface area contributed by atoms with Gasteiger partial charge >= 0.3 is 0 Å². The third-order valence-electron chi connectivity index (χ3n) is 4.25. The summed E-state index contributed by atoms with van der Waals surface area (Å²) in [5.41, 5.74) is -0.0235. The largest absolute Gasteiger partial charge is 0.319 e. The highest BCUT2D eigenvalue weighted by Gasteiger charge is 2.24. The maximum absolute atomic E-state index is 13.3. The zero-order chi connectivity index (χ0) is 19.8. The summed E-state index contributed by atoms with van der Waals surface area (Å²) in [6.07, 6.45) is 5.16. The number of hydrogen-bond donors (Lipinski definition) is 1. The van der Waals surface area contributed by atoms with E-state index in [0.29, 0.717) is 10.6 Å². The third-order valence-corrected chi connectivity index (χ3v) is 4.49. The summed E-state index contributed by atoms with van der Waals surface area (Å²) in [4.78, 5) is 12.3. The molecule has 1 aliphatic rings. The van der Waals surface area contributed by atoms with Gasteiger partial charge in [0, 0.05) is 16.8 Å². The SMILES string of the molecule is CCC.O=C(Nc1cn(C2CCCCC2)nc1C(F)F)c1cccc(Cl)c1. The molecule has 0 aliphatic heterocycles. The van der Waals surface area contributed by atoms with Crippen LogP contribution >= 0.6 is 11.6 Å². The van der Waals surface area contributed by atoms with E-state index in [0.717, 1.165) is 32.1 Å². The van der Waals surface area contributed by atoms with Crippen LogP contribution in [-0.2, 0) is 0 Å². The van der Waals surface area contributed by atoms with Gasteiger partial charge in [0.05, 0.1) is 11.7 Å². The van der Waals surface area contributed by atoms with Crippen LogP contribution in [0.15, 0.2) is 30.5 Å². The van der Waals surface area contributed by atoms with Gasteiger partial charge in [-0.2, -0.15) is 5.10 Å². The molecular formula is C20H26ClF2N3O. The number of aromatic nitrogens is 2. The van der Waals surface area contributed by atoms with Crippen LogP contribution in [0.4, 0.5) is 14.5 Å². The average molecular weight is 398 g/mol. The summed E-state index contributed by atoms with van der Waals surface area (Å²) in [5.74, 6) is -0.484. The molecule has 1 N–H and O–H groups in total. The van der Waals surface area contributed by atoms with Crippen molar-refractivity contribution >= 4 is 23.2 Å². The van der Waals surface area contributed by atoms with Crippen molar-refractivity contribution in [1.29, 1.82) is 0 Å². The first kappa shape index (κ1) is 21.4. The van der Waals surface area contributed by atoms with Gasteiger partial charge in [-0.15, -0.1) is 0 Å². The van der Waals surface area contributed by atoms with Gasteiger partial charge in [-0.25, -0.2) is 8.78 Å². The summed E-state index contributed by atoms with van der Waals surface area (Å²) in [6.45, 7) is 4.25. The van der Waals surface area contributed by atoms with Crippen molar-refractivity contribution in [3.8, 4) is 0 Å². The number of anilines is 1. The first-order chi connectivity index (χ1) is 13.0. The summed E-state index contributed by atoms with van der Waals surface area (Å²) in [6, 6.07) is 6.47. The van der Waals surface area contributed by atoms with Gasteiger partial charge in [-0.3, -0.25) is 9.48 Å². The van der Waals surface area contributed by atoms with Crippen molar-refractivity contribution < 1.29 is 13.6 Å². The molecule has 0 spiro atoms. The molecule has 27 heavy (non-hydrogen) atoms. The number of halogens is 3. The van der Waals surface area contributed by atoms with Crippen LogP contribution in [0.25, 0.3) is 0 Å². The summed E-state index contributed by atoms with van der Waals surface area (Å²) in [5, 5.41) is 6.97. The fourth-order valence-electron chi connectivity index (χ4n) is 3.02. The van der Waals surface area contributed by atoms with E-state index in [1.165, 1.54) is 18.7 Å². The molecule has 4 nitrogen and oxygen atoms in total. The maximum atomic E-state index is 13.3. The second-order valence-corrected chi connectivity index (χ2v) is 7.11. The zero-order valence-corrected chi connectivity index (χ0v) is 16.5. The van der Waals surface area contributed by atoms with Crippen molar-refractivity contribution in [3.05, 3.63) is 46.7 Å². The van der Waals surface area contributed by atoms with Crippen LogP contribution in [0.5, 0.6) is 0 Å². The number of rotatable bonds is 4. The van der Waals surface area contributed by atoms with Crippen molar-refractivity contribution in [3.63, 3.8) is 0 Å². The van der Waals surface area contributed by atoms with Crippen LogP contribution in [0.1, 0.15) is 80.9 Å². The topological polar surface area (TPSA) is 46.9 Å². The second-order valence-electron chi connectivity index (χ2n) is 6.67. The predicted octanol–water partition coefficient (Wildman–Crippen LogP) is 6.65. The van der Waals surface area contributed by atoms with Gasteiger partial charge in [0.15, 0.2) is 5.69 Å². The van der Waals surface area contributed by atoms with Crippen LogP contribution in [0.3, 0.4) is 0 Å². The summed E-state index contributed by atoms with van der Waals surface area (Å²) < 4.78 is 28.1. The lowest BCUT2D eigenvalue weighted by atomic mass is 9.96. The highest BCUT2D eigenvalue weighted by atomic mass is 35.5. The summed E-state index contributed by atoms with van der Waals surface area (Å²) in [7, 11) is 0. The van der Waals surface area contributed by atoms with E-state index in [-0.39, 0.29) is 11.7 Å². The fraction of sp³-hybridized carbons (Fsp3) is 0.500. The standard InChI is InChI=1S/C17H18ClF2N3O.C3H8/c18-12-6-4-5-11(9-12)17(24)21-14-10-23(22-15(14)16(19)20)13-7-2-1-3-8-13;1-3-2/h4-6,9-10,13,16H,1-3,7-8H2,(H,21,24);3H2,1-2H3. The van der Waals surface area contributed by atoms with Crippen molar-refractivity contribution in [2.24, 2.45) is 0 Å². The fourth-order valence-corrected chi connectivity index (χ4v) is 3.21. The van der Waals surface area contributed by atoms with Crippen molar-refractivity contribution in [2.75, 3.05) is 5.32 Å². The van der Waals surface area contributed by atoms with Gasteiger partial charge in [0.2, 0.25) is 0 Å². The molecule has 1 amide bonds. The average Bonchev–Trinajstić information content (AvgIpc) is 3.07. The molecule has 0 atom stereocenters. The molecule has 3 rings (SSSR count). The smallest absolute Gasteiger partial charge is 0.284 e. The van der Waals surface area contributed by atoms with E-state index in [2.05, 4.69) is 24.3 Å². The van der Waals surface area contributed by atoms with E-state index in [9.17, 15) is 13.6 Å². The number of hydrogen-bond acceptors (Lipinski definition) is 2. The van der Waals surface area contributed by atoms with E-state index in [1.807, 2.05) is 0 Å². The minimum absolute atomic E-state index is 0.0561. The molecule has 7 heteroatoms. The zero-order valence-electron chi connectivity index (χ0n) is 15.7. The van der Waals surface area contributed by atoms with Crippen LogP contribution in [0.2, 0.25) is 5.02 Å². The number of nitrogens with one attached hydrogen (secondary N) is 1. The molecule has 0 saturated heterocycles. The first-order valence-electron chi connectivity index (χ1n) is 9.40. The third kappa shape index (κ3) is 6.03. The Bertz CT molecular complexity index is 743. The molecule has 2 aromatic rings. The Morgan fingerprint density at radius 3 is 2.56 bits per heavy atom. The van der Waals surface area contributed by atoms with Crippen LogP contribution < -0.4 is 5.32 Å². The summed E-state index contributed by atoms with van der Waals surface area (Å²) >= 11 is 5.86. The number of carbonyl (C=O) groups is 1. The van der Waals surface area contributed by atoms with Crippen molar-refractivity contribution in [2.45, 2.75) is 64.8 Å². The number of alkyl halides is 2. The predicted molar refractivity (Wildman–Crippen MR) is 105 cm³/mol. The van der Waals surface area contributed by atoms with Gasteiger partial charge in [0.25, 0.3) is 12.3 Å². The van der Waals surface area contributed by atoms with Gasteiger partial charge in [-0.1, -0.05) is 57.2 Å². The monoisotopic (exact) mass is 397 g/mol. The maximum Gasteiger partial charge on any atom is 0.284 e. The Morgan fingerprint density at radius 1 is 1.30 bits per heavy atom. The molecule has 1 aromatic carbocycles. The number of amides is 1. The number of nitrogens with zero attached hydrogens (tertiary/aromatic N) is 2. The Kier molecular flexibility index (Phi) is 8.23. The van der Waals surface area contributed by atoms with Crippen LogP contribution in [0, 0.1) is 0 Å². The quantitative estimate of drug-likeness (QED) is 0.627.